The number of ether oxygens (including phenoxy) is 1. The summed E-state index contributed by atoms with van der Waals surface area (Å²) in [4.78, 5) is 7.12. The second-order valence-electron chi connectivity index (χ2n) is 7.09. The summed E-state index contributed by atoms with van der Waals surface area (Å²) in [7, 11) is -2.81. The van der Waals surface area contributed by atoms with Crippen LogP contribution >= 0.6 is 24.0 Å². The van der Waals surface area contributed by atoms with Crippen LogP contribution in [0.25, 0.3) is 0 Å². The number of piperidine rings is 1. The number of sulfone groups is 1. The minimum atomic E-state index is -2.81. The molecular formula is C16H30IN3O3S. The van der Waals surface area contributed by atoms with Gasteiger partial charge in [-0.15, -0.1) is 24.0 Å². The Kier molecular flexibility index (Phi) is 8.06. The number of guanidine groups is 1. The van der Waals surface area contributed by atoms with Gasteiger partial charge >= 0.3 is 0 Å². The number of likely N-dealkylation sites (tertiary alicyclic amines) is 1. The lowest BCUT2D eigenvalue weighted by atomic mass is 10.1. The molecule has 0 saturated carbocycles. The number of halogens is 1. The van der Waals surface area contributed by atoms with Gasteiger partial charge in [0.15, 0.2) is 15.8 Å². The van der Waals surface area contributed by atoms with Gasteiger partial charge in [0.25, 0.3) is 0 Å². The SMILES string of the molecule is I.O=S1(=O)CCC(CN=C(NCC2CCOC2)N2CCCCC2)C1. The maximum absolute atomic E-state index is 11.6. The molecule has 1 N–H and O–H groups in total. The molecule has 3 heterocycles. The molecule has 2 unspecified atom stereocenters. The van der Waals surface area contributed by atoms with Crippen molar-refractivity contribution in [3.05, 3.63) is 0 Å². The summed E-state index contributed by atoms with van der Waals surface area (Å²) in [6, 6.07) is 0. The highest BCUT2D eigenvalue weighted by Crippen LogP contribution is 2.19. The zero-order valence-corrected chi connectivity index (χ0v) is 17.4. The van der Waals surface area contributed by atoms with Crippen molar-refractivity contribution in [2.45, 2.75) is 32.1 Å². The monoisotopic (exact) mass is 471 g/mol. The van der Waals surface area contributed by atoms with Gasteiger partial charge in [0, 0.05) is 38.7 Å². The molecule has 140 valence electrons. The fourth-order valence-corrected chi connectivity index (χ4v) is 5.43. The summed E-state index contributed by atoms with van der Waals surface area (Å²) < 4.78 is 28.6. The summed E-state index contributed by atoms with van der Waals surface area (Å²) in [6.45, 7) is 5.33. The van der Waals surface area contributed by atoms with Gasteiger partial charge in [-0.2, -0.15) is 0 Å². The van der Waals surface area contributed by atoms with Crippen LogP contribution in [0.1, 0.15) is 32.1 Å². The Labute approximate surface area is 162 Å². The van der Waals surface area contributed by atoms with Crippen molar-refractivity contribution >= 4 is 39.8 Å². The number of nitrogens with one attached hydrogen (secondary N) is 1. The summed E-state index contributed by atoms with van der Waals surface area (Å²) in [6.07, 6.45) is 5.59. The Morgan fingerprint density at radius 1 is 1.17 bits per heavy atom. The zero-order valence-electron chi connectivity index (χ0n) is 14.3. The predicted molar refractivity (Wildman–Crippen MR) is 107 cm³/mol. The van der Waals surface area contributed by atoms with E-state index in [0.29, 0.717) is 24.0 Å². The van der Waals surface area contributed by atoms with Gasteiger partial charge in [0.2, 0.25) is 0 Å². The first-order valence-electron chi connectivity index (χ1n) is 8.94. The Balaban J connectivity index is 0.00000208. The largest absolute Gasteiger partial charge is 0.381 e. The highest BCUT2D eigenvalue weighted by molar-refractivity contribution is 14.0. The number of nitrogens with zero attached hydrogens (tertiary/aromatic N) is 2. The number of rotatable bonds is 4. The molecule has 3 saturated heterocycles. The van der Waals surface area contributed by atoms with Crippen molar-refractivity contribution in [2.24, 2.45) is 16.8 Å². The van der Waals surface area contributed by atoms with Gasteiger partial charge in [0.05, 0.1) is 18.1 Å². The van der Waals surface area contributed by atoms with E-state index in [-0.39, 0.29) is 29.9 Å². The third kappa shape index (κ3) is 6.01. The first-order valence-corrected chi connectivity index (χ1v) is 10.8. The van der Waals surface area contributed by atoms with Gasteiger partial charge in [-0.05, 0) is 38.0 Å². The molecule has 3 rings (SSSR count). The van der Waals surface area contributed by atoms with Crippen LogP contribution in [0, 0.1) is 11.8 Å². The Hall–Kier alpha value is -0.0900. The molecule has 0 aromatic carbocycles. The molecule has 24 heavy (non-hydrogen) atoms. The molecule has 3 fully saturated rings. The molecule has 3 aliphatic rings. The molecule has 0 aliphatic carbocycles. The van der Waals surface area contributed by atoms with E-state index in [0.717, 1.165) is 51.6 Å². The van der Waals surface area contributed by atoms with Gasteiger partial charge in [-0.25, -0.2) is 8.42 Å². The maximum Gasteiger partial charge on any atom is 0.193 e. The van der Waals surface area contributed by atoms with Crippen molar-refractivity contribution in [3.63, 3.8) is 0 Å². The summed E-state index contributed by atoms with van der Waals surface area (Å²) in [5.74, 6) is 2.37. The third-order valence-corrected chi connectivity index (χ3v) is 6.89. The van der Waals surface area contributed by atoms with Crippen LogP contribution < -0.4 is 5.32 Å². The Morgan fingerprint density at radius 2 is 1.96 bits per heavy atom. The van der Waals surface area contributed by atoms with Crippen LogP contribution in [0.4, 0.5) is 0 Å². The lowest BCUT2D eigenvalue weighted by Gasteiger charge is -2.31. The minimum Gasteiger partial charge on any atom is -0.381 e. The fraction of sp³-hybridized carbons (Fsp3) is 0.938. The van der Waals surface area contributed by atoms with Gasteiger partial charge in [-0.3, -0.25) is 4.99 Å². The number of hydrogen-bond donors (Lipinski definition) is 1. The lowest BCUT2D eigenvalue weighted by Crippen LogP contribution is -2.46. The van der Waals surface area contributed by atoms with Crippen LogP contribution in [-0.2, 0) is 14.6 Å². The molecule has 0 aromatic rings. The van der Waals surface area contributed by atoms with E-state index >= 15 is 0 Å². The molecular weight excluding hydrogens is 441 g/mol. The van der Waals surface area contributed by atoms with E-state index in [1.54, 1.807) is 0 Å². The van der Waals surface area contributed by atoms with Gasteiger partial charge in [-0.1, -0.05) is 0 Å². The van der Waals surface area contributed by atoms with Gasteiger partial charge < -0.3 is 15.0 Å². The summed E-state index contributed by atoms with van der Waals surface area (Å²) in [5.41, 5.74) is 0. The van der Waals surface area contributed by atoms with Crippen LogP contribution in [0.5, 0.6) is 0 Å². The van der Waals surface area contributed by atoms with Crippen LogP contribution in [-0.4, -0.2) is 70.2 Å². The van der Waals surface area contributed by atoms with Crippen molar-refractivity contribution in [1.29, 1.82) is 0 Å². The molecule has 0 aromatic heterocycles. The maximum atomic E-state index is 11.6. The Morgan fingerprint density at radius 3 is 2.58 bits per heavy atom. The van der Waals surface area contributed by atoms with E-state index in [2.05, 4.69) is 10.2 Å². The molecule has 3 aliphatic heterocycles. The topological polar surface area (TPSA) is 71.0 Å². The molecule has 6 nitrogen and oxygen atoms in total. The van der Waals surface area contributed by atoms with E-state index in [4.69, 9.17) is 9.73 Å². The predicted octanol–water partition coefficient (Wildman–Crippen LogP) is 1.51. The average Bonchev–Trinajstić information content (AvgIpc) is 3.17. The highest BCUT2D eigenvalue weighted by Gasteiger charge is 2.28. The first-order chi connectivity index (χ1) is 11.1. The molecule has 8 heteroatoms. The average molecular weight is 471 g/mol. The summed E-state index contributed by atoms with van der Waals surface area (Å²) in [5, 5.41) is 3.52. The van der Waals surface area contributed by atoms with Crippen molar-refractivity contribution < 1.29 is 13.2 Å². The number of aliphatic imine (C=N–C) groups is 1. The third-order valence-electron chi connectivity index (χ3n) is 5.05. The van der Waals surface area contributed by atoms with Crippen LogP contribution in [0.2, 0.25) is 0 Å². The zero-order chi connectivity index (χ0) is 16.1. The standard InChI is InChI=1S/C16H29N3O3S.HI/c20-23(21)9-5-15(13-23)11-18-16(19-6-2-1-3-7-19)17-10-14-4-8-22-12-14;/h14-15H,1-13H2,(H,17,18);1H. The Bertz CT molecular complexity index is 515. The summed E-state index contributed by atoms with van der Waals surface area (Å²) >= 11 is 0. The smallest absolute Gasteiger partial charge is 0.193 e. The van der Waals surface area contributed by atoms with Crippen LogP contribution in [0.3, 0.4) is 0 Å². The fourth-order valence-electron chi connectivity index (χ4n) is 3.58. The van der Waals surface area contributed by atoms with E-state index in [1.165, 1.54) is 19.3 Å². The van der Waals surface area contributed by atoms with E-state index in [9.17, 15) is 8.42 Å². The number of hydrogen-bond acceptors (Lipinski definition) is 4. The lowest BCUT2D eigenvalue weighted by molar-refractivity contribution is 0.186. The highest BCUT2D eigenvalue weighted by atomic mass is 127. The van der Waals surface area contributed by atoms with Crippen molar-refractivity contribution in [1.82, 2.24) is 10.2 Å². The van der Waals surface area contributed by atoms with Gasteiger partial charge in [0.1, 0.15) is 0 Å². The second-order valence-corrected chi connectivity index (χ2v) is 9.32. The molecule has 0 radical (unpaired) electrons. The molecule has 2 atom stereocenters. The molecule has 0 amide bonds. The molecule has 0 spiro atoms. The van der Waals surface area contributed by atoms with E-state index in [1.807, 2.05) is 0 Å². The minimum absolute atomic E-state index is 0. The quantitative estimate of drug-likeness (QED) is 0.383. The van der Waals surface area contributed by atoms with E-state index < -0.39 is 9.84 Å². The van der Waals surface area contributed by atoms with Crippen molar-refractivity contribution in [3.8, 4) is 0 Å². The second kappa shape index (κ2) is 9.56. The van der Waals surface area contributed by atoms with Crippen LogP contribution in [0.15, 0.2) is 4.99 Å². The normalized spacial score (nSPS) is 30.2. The first kappa shape index (κ1) is 20.2. The molecule has 0 bridgehead atoms. The van der Waals surface area contributed by atoms with Crippen molar-refractivity contribution in [2.75, 3.05) is 50.9 Å².